The van der Waals surface area contributed by atoms with Crippen LogP contribution in [-0.2, 0) is 4.79 Å². The van der Waals surface area contributed by atoms with E-state index >= 15 is 0 Å². The summed E-state index contributed by atoms with van der Waals surface area (Å²) >= 11 is 1.34. The van der Waals surface area contributed by atoms with Crippen LogP contribution < -0.4 is 5.32 Å². The number of phenolic OH excluding ortho intramolecular Hbond substituents is 2. The lowest BCUT2D eigenvalue weighted by atomic mass is 10.2. The molecule has 1 aromatic carbocycles. The van der Waals surface area contributed by atoms with Crippen molar-refractivity contribution in [3.8, 4) is 11.5 Å². The van der Waals surface area contributed by atoms with E-state index in [1.165, 1.54) is 23.9 Å². The van der Waals surface area contributed by atoms with Crippen molar-refractivity contribution in [1.82, 2.24) is 0 Å². The Bertz CT molecular complexity index is 378. The van der Waals surface area contributed by atoms with Crippen LogP contribution in [0.4, 0.5) is 5.69 Å². The molecule has 0 aromatic heterocycles. The molecule has 0 bridgehead atoms. The third-order valence-electron chi connectivity index (χ3n) is 1.71. The first-order valence-electron chi connectivity index (χ1n) is 3.65. The van der Waals surface area contributed by atoms with Crippen molar-refractivity contribution in [1.29, 1.82) is 0 Å². The van der Waals surface area contributed by atoms with E-state index < -0.39 is 0 Å². The van der Waals surface area contributed by atoms with Crippen LogP contribution in [0.3, 0.4) is 0 Å². The number of anilines is 1. The maximum absolute atomic E-state index is 10.9. The molecule has 0 aliphatic carbocycles. The highest BCUT2D eigenvalue weighted by atomic mass is 32.2. The summed E-state index contributed by atoms with van der Waals surface area (Å²) in [5.41, 5.74) is 0.552. The largest absolute Gasteiger partial charge is 0.504 e. The van der Waals surface area contributed by atoms with Gasteiger partial charge in [-0.3, -0.25) is 4.79 Å². The van der Waals surface area contributed by atoms with Gasteiger partial charge in [0.25, 0.3) is 0 Å². The summed E-state index contributed by atoms with van der Waals surface area (Å²) in [5, 5.41) is 20.9. The van der Waals surface area contributed by atoms with E-state index in [2.05, 4.69) is 5.32 Å². The molecule has 0 saturated carbocycles. The van der Waals surface area contributed by atoms with E-state index in [0.717, 1.165) is 4.90 Å². The minimum Gasteiger partial charge on any atom is -0.504 e. The standard InChI is InChI=1S/C8H7NO3S/c10-5-1-4-7(2-6(5)11)13-3-8(12)9-4/h1-2,10-11H,3H2,(H,9,12). The molecule has 0 saturated heterocycles. The molecule has 5 heteroatoms. The molecule has 1 aromatic rings. The van der Waals surface area contributed by atoms with Gasteiger partial charge in [0.2, 0.25) is 5.91 Å². The number of nitrogens with one attached hydrogen (secondary N) is 1. The molecule has 4 nitrogen and oxygen atoms in total. The first-order chi connectivity index (χ1) is 6.16. The van der Waals surface area contributed by atoms with Crippen LogP contribution in [0, 0.1) is 0 Å². The Morgan fingerprint density at radius 3 is 2.77 bits per heavy atom. The summed E-state index contributed by atoms with van der Waals surface area (Å²) in [6.07, 6.45) is 0. The average molecular weight is 197 g/mol. The van der Waals surface area contributed by atoms with Gasteiger partial charge < -0.3 is 15.5 Å². The smallest absolute Gasteiger partial charge is 0.234 e. The van der Waals surface area contributed by atoms with E-state index in [-0.39, 0.29) is 17.4 Å². The van der Waals surface area contributed by atoms with Gasteiger partial charge >= 0.3 is 0 Å². The predicted molar refractivity (Wildman–Crippen MR) is 49.1 cm³/mol. The van der Waals surface area contributed by atoms with Crippen LogP contribution in [-0.4, -0.2) is 21.9 Å². The number of thioether (sulfide) groups is 1. The molecule has 3 N–H and O–H groups in total. The Kier molecular flexibility index (Phi) is 1.81. The van der Waals surface area contributed by atoms with Crippen LogP contribution in [0.15, 0.2) is 17.0 Å². The summed E-state index contributed by atoms with van der Waals surface area (Å²) in [6.45, 7) is 0. The molecule has 0 spiro atoms. The summed E-state index contributed by atoms with van der Waals surface area (Å²) in [5.74, 6) is -0.136. The zero-order chi connectivity index (χ0) is 9.42. The second kappa shape index (κ2) is 2.85. The van der Waals surface area contributed by atoms with Crippen molar-refractivity contribution in [3.05, 3.63) is 12.1 Å². The van der Waals surface area contributed by atoms with E-state index in [0.29, 0.717) is 11.4 Å². The van der Waals surface area contributed by atoms with Crippen molar-refractivity contribution in [2.75, 3.05) is 11.1 Å². The minimum atomic E-state index is -0.221. The highest BCUT2D eigenvalue weighted by Crippen LogP contribution is 2.39. The van der Waals surface area contributed by atoms with E-state index in [9.17, 15) is 4.79 Å². The Balaban J connectivity index is 2.49. The van der Waals surface area contributed by atoms with Crippen LogP contribution in [0.1, 0.15) is 0 Å². The number of carbonyl (C=O) groups excluding carboxylic acids is 1. The molecule has 0 unspecified atom stereocenters. The third-order valence-corrected chi connectivity index (χ3v) is 2.76. The number of aromatic hydroxyl groups is 2. The Morgan fingerprint density at radius 2 is 2.00 bits per heavy atom. The molecule has 0 radical (unpaired) electrons. The monoisotopic (exact) mass is 197 g/mol. The van der Waals surface area contributed by atoms with Crippen molar-refractivity contribution in [3.63, 3.8) is 0 Å². The summed E-state index contributed by atoms with van der Waals surface area (Å²) < 4.78 is 0. The van der Waals surface area contributed by atoms with Crippen molar-refractivity contribution in [2.45, 2.75) is 4.90 Å². The quantitative estimate of drug-likeness (QED) is 0.431. The van der Waals surface area contributed by atoms with Gasteiger partial charge in [0.05, 0.1) is 11.4 Å². The van der Waals surface area contributed by atoms with Crippen LogP contribution >= 0.6 is 11.8 Å². The number of fused-ring (bicyclic) bond motifs is 1. The van der Waals surface area contributed by atoms with Crippen LogP contribution in [0.2, 0.25) is 0 Å². The van der Waals surface area contributed by atoms with E-state index in [1.807, 2.05) is 0 Å². The number of rotatable bonds is 0. The normalized spacial score (nSPS) is 14.9. The number of amides is 1. The molecule has 1 aliphatic heterocycles. The maximum Gasteiger partial charge on any atom is 0.234 e. The first-order valence-corrected chi connectivity index (χ1v) is 4.64. The van der Waals surface area contributed by atoms with Gasteiger partial charge in [-0.15, -0.1) is 11.8 Å². The van der Waals surface area contributed by atoms with Gasteiger partial charge in [0, 0.05) is 11.0 Å². The van der Waals surface area contributed by atoms with Gasteiger partial charge in [0.1, 0.15) is 0 Å². The Hall–Kier alpha value is -1.36. The fourth-order valence-corrected chi connectivity index (χ4v) is 1.92. The highest BCUT2D eigenvalue weighted by Gasteiger charge is 2.17. The van der Waals surface area contributed by atoms with Gasteiger partial charge in [-0.1, -0.05) is 0 Å². The van der Waals surface area contributed by atoms with Crippen molar-refractivity contribution in [2.24, 2.45) is 0 Å². The molecule has 0 atom stereocenters. The van der Waals surface area contributed by atoms with Gasteiger partial charge in [-0.25, -0.2) is 0 Å². The van der Waals surface area contributed by atoms with Gasteiger partial charge in [-0.05, 0) is 6.07 Å². The third kappa shape index (κ3) is 1.42. The lowest BCUT2D eigenvalue weighted by Crippen LogP contribution is -2.18. The number of hydrogen-bond donors (Lipinski definition) is 3. The molecular weight excluding hydrogens is 190 g/mol. The SMILES string of the molecule is O=C1CSc2cc(O)c(O)cc2N1. The lowest BCUT2D eigenvalue weighted by molar-refractivity contribution is -0.113. The maximum atomic E-state index is 10.9. The number of carbonyl (C=O) groups is 1. The van der Waals surface area contributed by atoms with E-state index in [4.69, 9.17) is 10.2 Å². The zero-order valence-corrected chi connectivity index (χ0v) is 7.39. The second-order valence-electron chi connectivity index (χ2n) is 2.67. The lowest BCUT2D eigenvalue weighted by Gasteiger charge is -2.16. The number of hydrogen-bond acceptors (Lipinski definition) is 4. The van der Waals surface area contributed by atoms with Crippen LogP contribution in [0.5, 0.6) is 11.5 Å². The van der Waals surface area contributed by atoms with Crippen molar-refractivity contribution < 1.29 is 15.0 Å². The molecular formula is C8H7NO3S. The van der Waals surface area contributed by atoms with Crippen molar-refractivity contribution >= 4 is 23.4 Å². The predicted octanol–water partition coefficient (Wildman–Crippen LogP) is 1.14. The van der Waals surface area contributed by atoms with Crippen LogP contribution in [0.25, 0.3) is 0 Å². The molecule has 0 fully saturated rings. The summed E-state index contributed by atoms with van der Waals surface area (Å²) in [4.78, 5) is 11.7. The fraction of sp³-hybridized carbons (Fsp3) is 0.125. The number of phenols is 2. The second-order valence-corrected chi connectivity index (χ2v) is 3.69. The highest BCUT2D eigenvalue weighted by molar-refractivity contribution is 8.00. The van der Waals surface area contributed by atoms with Gasteiger partial charge in [0.15, 0.2) is 11.5 Å². The molecule has 1 heterocycles. The Labute approximate surface area is 78.6 Å². The zero-order valence-electron chi connectivity index (χ0n) is 6.57. The summed E-state index contributed by atoms with van der Waals surface area (Å²) in [6, 6.07) is 2.78. The minimum absolute atomic E-state index is 0.0948. The molecule has 1 aliphatic rings. The molecule has 68 valence electrons. The fourth-order valence-electron chi connectivity index (χ4n) is 1.10. The van der Waals surface area contributed by atoms with E-state index in [1.54, 1.807) is 0 Å². The first kappa shape index (κ1) is 8.25. The number of benzene rings is 1. The molecule has 13 heavy (non-hydrogen) atoms. The Morgan fingerprint density at radius 1 is 1.31 bits per heavy atom. The average Bonchev–Trinajstić information content (AvgIpc) is 2.08. The molecule has 1 amide bonds. The van der Waals surface area contributed by atoms with Gasteiger partial charge in [-0.2, -0.15) is 0 Å². The topological polar surface area (TPSA) is 69.6 Å². The summed E-state index contributed by atoms with van der Waals surface area (Å²) in [7, 11) is 0. The molecule has 2 rings (SSSR count).